The molecule has 0 aliphatic heterocycles. The number of para-hydroxylation sites is 1. The van der Waals surface area contributed by atoms with Gasteiger partial charge in [-0.2, -0.15) is 0 Å². The van der Waals surface area contributed by atoms with Crippen LogP contribution in [-0.2, 0) is 0 Å². The highest BCUT2D eigenvalue weighted by molar-refractivity contribution is 9.10. The van der Waals surface area contributed by atoms with Crippen molar-refractivity contribution in [2.24, 2.45) is 5.73 Å². The first-order chi connectivity index (χ1) is 8.70. The molecule has 18 heavy (non-hydrogen) atoms. The van der Waals surface area contributed by atoms with E-state index in [4.69, 9.17) is 10.5 Å². The van der Waals surface area contributed by atoms with Crippen molar-refractivity contribution in [3.8, 4) is 5.75 Å². The van der Waals surface area contributed by atoms with E-state index in [2.05, 4.69) is 15.9 Å². The summed E-state index contributed by atoms with van der Waals surface area (Å²) in [4.78, 5) is 0. The van der Waals surface area contributed by atoms with Crippen molar-refractivity contribution in [2.75, 3.05) is 6.54 Å². The van der Waals surface area contributed by atoms with Gasteiger partial charge in [0.25, 0.3) is 0 Å². The highest BCUT2D eigenvalue weighted by Crippen LogP contribution is 2.28. The molecule has 4 heteroatoms. The van der Waals surface area contributed by atoms with E-state index in [1.54, 1.807) is 12.1 Å². The second-order valence-corrected chi connectivity index (χ2v) is 4.68. The van der Waals surface area contributed by atoms with Gasteiger partial charge in [-0.05, 0) is 45.8 Å². The Balaban J connectivity index is 2.23. The van der Waals surface area contributed by atoms with Gasteiger partial charge in [0, 0.05) is 6.54 Å². The summed E-state index contributed by atoms with van der Waals surface area (Å²) in [6.07, 6.45) is -0.362. The smallest absolute Gasteiger partial charge is 0.136 e. The maximum absolute atomic E-state index is 13.2. The predicted molar refractivity (Wildman–Crippen MR) is 73.0 cm³/mol. The van der Waals surface area contributed by atoms with Crippen LogP contribution in [0.3, 0.4) is 0 Å². The summed E-state index contributed by atoms with van der Waals surface area (Å²) >= 11 is 3.40. The van der Waals surface area contributed by atoms with Crippen LogP contribution in [0, 0.1) is 5.82 Å². The monoisotopic (exact) mass is 309 g/mol. The Kier molecular flexibility index (Phi) is 4.33. The minimum atomic E-state index is -0.362. The van der Waals surface area contributed by atoms with Crippen LogP contribution in [-0.4, -0.2) is 6.54 Å². The molecule has 1 unspecified atom stereocenters. The number of hydrogen-bond donors (Lipinski definition) is 1. The van der Waals surface area contributed by atoms with Gasteiger partial charge in [0.15, 0.2) is 0 Å². The Labute approximate surface area is 114 Å². The number of benzene rings is 2. The second-order valence-electron chi connectivity index (χ2n) is 3.83. The zero-order valence-corrected chi connectivity index (χ0v) is 11.2. The Morgan fingerprint density at radius 3 is 2.61 bits per heavy atom. The van der Waals surface area contributed by atoms with Gasteiger partial charge < -0.3 is 10.5 Å². The number of nitrogens with two attached hydrogens (primary N) is 1. The first-order valence-electron chi connectivity index (χ1n) is 5.57. The molecule has 0 heterocycles. The fourth-order valence-corrected chi connectivity index (χ4v) is 2.03. The third-order valence-corrected chi connectivity index (χ3v) is 3.20. The van der Waals surface area contributed by atoms with E-state index in [9.17, 15) is 4.39 Å². The third-order valence-electron chi connectivity index (χ3n) is 2.54. The fourth-order valence-electron chi connectivity index (χ4n) is 1.65. The van der Waals surface area contributed by atoms with E-state index >= 15 is 0 Å². The largest absolute Gasteiger partial charge is 0.483 e. The van der Waals surface area contributed by atoms with Crippen molar-refractivity contribution in [2.45, 2.75) is 6.10 Å². The summed E-state index contributed by atoms with van der Waals surface area (Å²) in [7, 11) is 0. The number of hydrogen-bond acceptors (Lipinski definition) is 2. The summed E-state index contributed by atoms with van der Waals surface area (Å²) in [5.74, 6) is 0.402. The number of halogens is 2. The van der Waals surface area contributed by atoms with E-state index < -0.39 is 0 Å². The Hall–Kier alpha value is -1.39. The minimum Gasteiger partial charge on any atom is -0.483 e. The summed E-state index contributed by atoms with van der Waals surface area (Å²) in [6, 6.07) is 13.8. The molecule has 2 aromatic carbocycles. The maximum atomic E-state index is 13.2. The average Bonchev–Trinajstić information content (AvgIpc) is 2.38. The molecule has 0 radical (unpaired) electrons. The van der Waals surface area contributed by atoms with Gasteiger partial charge >= 0.3 is 0 Å². The molecule has 0 aliphatic rings. The topological polar surface area (TPSA) is 35.2 Å². The quantitative estimate of drug-likeness (QED) is 0.935. The fraction of sp³-hybridized carbons (Fsp3) is 0.143. The molecule has 0 aromatic heterocycles. The minimum absolute atomic E-state index is 0.283. The van der Waals surface area contributed by atoms with Crippen LogP contribution in [0.5, 0.6) is 5.75 Å². The van der Waals surface area contributed by atoms with Crippen molar-refractivity contribution in [3.63, 3.8) is 0 Å². The molecule has 2 aromatic rings. The molecule has 2 N–H and O–H groups in total. The van der Waals surface area contributed by atoms with E-state index in [0.29, 0.717) is 5.75 Å². The lowest BCUT2D eigenvalue weighted by molar-refractivity contribution is 0.212. The zero-order chi connectivity index (χ0) is 13.0. The molecule has 2 rings (SSSR count). The van der Waals surface area contributed by atoms with Gasteiger partial charge in [0.05, 0.1) is 4.47 Å². The molecule has 0 bridgehead atoms. The van der Waals surface area contributed by atoms with Crippen molar-refractivity contribution in [3.05, 3.63) is 64.4 Å². The Morgan fingerprint density at radius 2 is 1.94 bits per heavy atom. The first-order valence-corrected chi connectivity index (χ1v) is 6.36. The van der Waals surface area contributed by atoms with Gasteiger partial charge in [-0.1, -0.05) is 24.3 Å². The molecule has 0 saturated carbocycles. The van der Waals surface area contributed by atoms with Crippen molar-refractivity contribution in [1.82, 2.24) is 0 Å². The van der Waals surface area contributed by atoms with Crippen LogP contribution in [0.1, 0.15) is 11.7 Å². The highest BCUT2D eigenvalue weighted by Gasteiger charge is 2.13. The van der Waals surface area contributed by atoms with Crippen LogP contribution in [0.15, 0.2) is 53.0 Å². The lowest BCUT2D eigenvalue weighted by Gasteiger charge is -2.18. The van der Waals surface area contributed by atoms with Crippen LogP contribution in [0.25, 0.3) is 0 Å². The highest BCUT2D eigenvalue weighted by atomic mass is 79.9. The van der Waals surface area contributed by atoms with Crippen LogP contribution < -0.4 is 10.5 Å². The lowest BCUT2D eigenvalue weighted by Crippen LogP contribution is -2.18. The van der Waals surface area contributed by atoms with Gasteiger partial charge in [-0.25, -0.2) is 4.39 Å². The van der Waals surface area contributed by atoms with Crippen LogP contribution in [0.4, 0.5) is 4.39 Å². The average molecular weight is 310 g/mol. The summed E-state index contributed by atoms with van der Waals surface area (Å²) in [5.41, 5.74) is 6.42. The molecule has 0 fully saturated rings. The van der Waals surface area contributed by atoms with Crippen molar-refractivity contribution in [1.29, 1.82) is 0 Å². The molecular formula is C14H13BrFNO. The van der Waals surface area contributed by atoms with Gasteiger partial charge in [0.2, 0.25) is 0 Å². The number of rotatable bonds is 4. The lowest BCUT2D eigenvalue weighted by atomic mass is 10.1. The SMILES string of the molecule is NCC(Oc1ccccc1Br)c1cccc(F)c1. The van der Waals surface area contributed by atoms with Gasteiger partial charge in [0.1, 0.15) is 17.7 Å². The van der Waals surface area contributed by atoms with Crippen molar-refractivity contribution < 1.29 is 9.13 Å². The summed E-state index contributed by atoms with van der Waals surface area (Å²) < 4.78 is 19.8. The number of ether oxygens (including phenoxy) is 1. The molecule has 0 saturated heterocycles. The van der Waals surface area contributed by atoms with Crippen molar-refractivity contribution >= 4 is 15.9 Å². The van der Waals surface area contributed by atoms with E-state index in [1.807, 2.05) is 24.3 Å². The Morgan fingerprint density at radius 1 is 1.17 bits per heavy atom. The first kappa shape index (κ1) is 13.1. The van der Waals surface area contributed by atoms with Crippen LogP contribution in [0.2, 0.25) is 0 Å². The molecule has 1 atom stereocenters. The third kappa shape index (κ3) is 3.09. The molecule has 0 spiro atoms. The standard InChI is InChI=1S/C14H13BrFNO/c15-12-6-1-2-7-13(12)18-14(9-17)10-4-3-5-11(16)8-10/h1-8,14H,9,17H2. The summed E-state index contributed by atoms with van der Waals surface area (Å²) in [5, 5.41) is 0. The van der Waals surface area contributed by atoms with Gasteiger partial charge in [-0.15, -0.1) is 0 Å². The normalized spacial score (nSPS) is 12.2. The molecule has 0 aliphatic carbocycles. The Bertz CT molecular complexity index is 533. The maximum Gasteiger partial charge on any atom is 0.136 e. The van der Waals surface area contributed by atoms with Crippen LogP contribution >= 0.6 is 15.9 Å². The molecular weight excluding hydrogens is 297 g/mol. The van der Waals surface area contributed by atoms with E-state index in [1.165, 1.54) is 12.1 Å². The van der Waals surface area contributed by atoms with Gasteiger partial charge in [-0.3, -0.25) is 0 Å². The summed E-state index contributed by atoms with van der Waals surface area (Å²) in [6.45, 7) is 0.283. The molecule has 2 nitrogen and oxygen atoms in total. The van der Waals surface area contributed by atoms with E-state index in [0.717, 1.165) is 10.0 Å². The molecule has 94 valence electrons. The second kappa shape index (κ2) is 5.98. The van der Waals surface area contributed by atoms with E-state index in [-0.39, 0.29) is 18.5 Å². The zero-order valence-electron chi connectivity index (χ0n) is 9.64. The molecule has 0 amide bonds. The predicted octanol–water partition coefficient (Wildman–Crippen LogP) is 3.67.